The van der Waals surface area contributed by atoms with Gasteiger partial charge >= 0.3 is 11.9 Å². The van der Waals surface area contributed by atoms with Crippen LogP contribution in [0.5, 0.6) is 5.75 Å². The van der Waals surface area contributed by atoms with Gasteiger partial charge in [-0.1, -0.05) is 0 Å². The monoisotopic (exact) mass is 504 g/mol. The van der Waals surface area contributed by atoms with Gasteiger partial charge < -0.3 is 30.6 Å². The minimum absolute atomic E-state index is 0.0981. The molecular weight excluding hydrogens is 480 g/mol. The molecule has 1 saturated heterocycles. The minimum Gasteiger partial charge on any atom is -0.455 e. The van der Waals surface area contributed by atoms with E-state index < -0.39 is 40.0 Å². The van der Waals surface area contributed by atoms with Crippen LogP contribution in [0.3, 0.4) is 0 Å². The number of carbonyl (C=O) groups is 3. The second kappa shape index (κ2) is 11.4. The van der Waals surface area contributed by atoms with Gasteiger partial charge in [0, 0.05) is 13.1 Å². The molecule has 13 heteroatoms. The molecule has 0 saturated carbocycles. The largest absolute Gasteiger partial charge is 0.455 e. The predicted octanol–water partition coefficient (Wildman–Crippen LogP) is -0.0136. The second-order valence-electron chi connectivity index (χ2n) is 7.36. The number of sulfone groups is 1. The number of esters is 2. The maximum absolute atomic E-state index is 12.5. The molecule has 3 rings (SSSR count). The molecule has 12 nitrogen and oxygen atoms in total. The number of hydrogen-bond acceptors (Lipinski definition) is 9. The van der Waals surface area contributed by atoms with Gasteiger partial charge in [0.1, 0.15) is 5.75 Å². The Morgan fingerprint density at radius 2 is 1.60 bits per heavy atom. The van der Waals surface area contributed by atoms with E-state index in [0.717, 1.165) is 0 Å². The molecule has 2 aromatic rings. The van der Waals surface area contributed by atoms with Gasteiger partial charge in [0.15, 0.2) is 28.2 Å². The third-order valence-electron chi connectivity index (χ3n) is 4.78. The summed E-state index contributed by atoms with van der Waals surface area (Å²) in [6.45, 7) is 1.01. The molecule has 186 valence electrons. The zero-order valence-corrected chi connectivity index (χ0v) is 19.4. The van der Waals surface area contributed by atoms with Gasteiger partial charge in [-0.2, -0.15) is 0 Å². The van der Waals surface area contributed by atoms with E-state index >= 15 is 0 Å². The smallest absolute Gasteiger partial charge is 0.343 e. The summed E-state index contributed by atoms with van der Waals surface area (Å²) in [7, 11) is -4.04. The molecule has 1 heterocycles. The quantitative estimate of drug-likeness (QED) is 0.215. The Bertz CT molecular complexity index is 1200. The number of amides is 1. The molecule has 1 fully saturated rings. The summed E-state index contributed by atoms with van der Waals surface area (Å²) < 4.78 is 40.2. The number of benzene rings is 2. The molecule has 4 N–H and O–H groups in total. The molecule has 0 unspecified atom stereocenters. The van der Waals surface area contributed by atoms with Crippen molar-refractivity contribution in [2.75, 3.05) is 38.7 Å². The number of ether oxygens (including phenoxy) is 3. The molecular formula is C22H24N4O8S. The Labute approximate surface area is 201 Å². The van der Waals surface area contributed by atoms with Crippen molar-refractivity contribution >= 4 is 39.3 Å². The van der Waals surface area contributed by atoms with Crippen LogP contribution in [0.25, 0.3) is 0 Å². The van der Waals surface area contributed by atoms with Crippen molar-refractivity contribution in [2.24, 2.45) is 16.5 Å². The van der Waals surface area contributed by atoms with Crippen LogP contribution in [0.2, 0.25) is 0 Å². The number of guanidine groups is 1. The van der Waals surface area contributed by atoms with Crippen molar-refractivity contribution < 1.29 is 37.0 Å². The normalized spacial score (nSPS) is 13.5. The van der Waals surface area contributed by atoms with Gasteiger partial charge in [-0.25, -0.2) is 18.2 Å². The summed E-state index contributed by atoms with van der Waals surface area (Å²) in [6, 6.07) is 11.0. The van der Waals surface area contributed by atoms with Crippen LogP contribution < -0.4 is 16.2 Å². The lowest BCUT2D eigenvalue weighted by atomic mass is 10.2. The highest BCUT2D eigenvalue weighted by Gasteiger charge is 2.23. The van der Waals surface area contributed by atoms with E-state index in [4.69, 9.17) is 25.7 Å². The van der Waals surface area contributed by atoms with Crippen molar-refractivity contribution in [3.63, 3.8) is 0 Å². The van der Waals surface area contributed by atoms with E-state index in [1.165, 1.54) is 53.4 Å². The van der Waals surface area contributed by atoms with Crippen molar-refractivity contribution in [3.05, 3.63) is 54.1 Å². The number of rotatable bonds is 8. The van der Waals surface area contributed by atoms with E-state index in [1.54, 1.807) is 0 Å². The van der Waals surface area contributed by atoms with Gasteiger partial charge in [-0.3, -0.25) is 9.59 Å². The van der Waals surface area contributed by atoms with E-state index in [2.05, 4.69) is 4.99 Å². The van der Waals surface area contributed by atoms with Crippen LogP contribution in [0, 0.1) is 0 Å². The van der Waals surface area contributed by atoms with Crippen molar-refractivity contribution in [3.8, 4) is 5.75 Å². The first kappa shape index (κ1) is 25.6. The Balaban J connectivity index is 1.53. The first-order chi connectivity index (χ1) is 16.6. The zero-order valence-electron chi connectivity index (χ0n) is 18.6. The highest BCUT2D eigenvalue weighted by Crippen LogP contribution is 2.19. The SMILES string of the molecule is NC(N)=Nc1ccc(C(=O)Oc2ccc(S(=O)(=O)CC(=O)OCC(=O)N3CCOCC3)cc2)cc1. The lowest BCUT2D eigenvalue weighted by Gasteiger charge is -2.26. The maximum Gasteiger partial charge on any atom is 0.343 e. The minimum atomic E-state index is -4.04. The van der Waals surface area contributed by atoms with Crippen LogP contribution in [0.1, 0.15) is 10.4 Å². The molecule has 0 spiro atoms. The third kappa shape index (κ3) is 7.52. The topological polar surface area (TPSA) is 181 Å². The summed E-state index contributed by atoms with van der Waals surface area (Å²) in [5, 5.41) is 0. The van der Waals surface area contributed by atoms with Crippen molar-refractivity contribution in [1.82, 2.24) is 4.90 Å². The summed E-state index contributed by atoms with van der Waals surface area (Å²) in [6.07, 6.45) is 0. The first-order valence-electron chi connectivity index (χ1n) is 10.4. The van der Waals surface area contributed by atoms with Crippen LogP contribution in [0.4, 0.5) is 5.69 Å². The van der Waals surface area contributed by atoms with E-state index in [0.29, 0.717) is 32.0 Å². The second-order valence-corrected chi connectivity index (χ2v) is 9.35. The van der Waals surface area contributed by atoms with Crippen LogP contribution in [-0.2, 0) is 28.9 Å². The van der Waals surface area contributed by atoms with Gasteiger partial charge in [-0.15, -0.1) is 0 Å². The van der Waals surface area contributed by atoms with Crippen molar-refractivity contribution in [2.45, 2.75) is 4.90 Å². The highest BCUT2D eigenvalue weighted by atomic mass is 32.2. The standard InChI is InChI=1S/C22H24N4O8S/c23-22(24)25-16-3-1-15(2-4-16)21(29)34-17-5-7-18(8-6-17)35(30,31)14-20(28)33-13-19(27)26-9-11-32-12-10-26/h1-8H,9-14H2,(H4,23,24,25). The molecule has 0 atom stereocenters. The molecule has 1 aliphatic heterocycles. The van der Waals surface area contributed by atoms with Gasteiger partial charge in [0.05, 0.1) is 29.4 Å². The Kier molecular flexibility index (Phi) is 8.39. The number of aliphatic imine (C=N–C) groups is 1. The molecule has 1 amide bonds. The first-order valence-corrected chi connectivity index (χ1v) is 12.0. The Morgan fingerprint density at radius 1 is 0.971 bits per heavy atom. The van der Waals surface area contributed by atoms with E-state index in [-0.39, 0.29) is 22.2 Å². The fourth-order valence-corrected chi connectivity index (χ4v) is 4.14. The lowest BCUT2D eigenvalue weighted by Crippen LogP contribution is -2.43. The molecule has 0 bridgehead atoms. The number of morpholine rings is 1. The predicted molar refractivity (Wildman–Crippen MR) is 124 cm³/mol. The maximum atomic E-state index is 12.5. The molecule has 2 aromatic carbocycles. The highest BCUT2D eigenvalue weighted by molar-refractivity contribution is 7.92. The van der Waals surface area contributed by atoms with E-state index in [9.17, 15) is 22.8 Å². The fourth-order valence-electron chi connectivity index (χ4n) is 3.03. The molecule has 0 aliphatic carbocycles. The van der Waals surface area contributed by atoms with Crippen LogP contribution in [0.15, 0.2) is 58.4 Å². The number of carbonyl (C=O) groups excluding carboxylic acids is 3. The van der Waals surface area contributed by atoms with Crippen LogP contribution in [-0.4, -0.2) is 75.8 Å². The average molecular weight is 505 g/mol. The van der Waals surface area contributed by atoms with Crippen LogP contribution >= 0.6 is 0 Å². The van der Waals surface area contributed by atoms with Gasteiger partial charge in [-0.05, 0) is 48.5 Å². The third-order valence-corrected chi connectivity index (χ3v) is 6.39. The molecule has 0 radical (unpaired) electrons. The van der Waals surface area contributed by atoms with Crippen molar-refractivity contribution in [1.29, 1.82) is 0 Å². The Morgan fingerprint density at radius 3 is 2.20 bits per heavy atom. The summed E-state index contributed by atoms with van der Waals surface area (Å²) in [5.74, 6) is -3.11. The molecule has 1 aliphatic rings. The average Bonchev–Trinajstić information content (AvgIpc) is 2.83. The summed E-state index contributed by atoms with van der Waals surface area (Å²) >= 11 is 0. The number of hydrogen-bond donors (Lipinski definition) is 2. The van der Waals surface area contributed by atoms with Gasteiger partial charge in [0.2, 0.25) is 0 Å². The summed E-state index contributed by atoms with van der Waals surface area (Å²) in [4.78, 5) is 41.4. The number of nitrogens with zero attached hydrogens (tertiary/aromatic N) is 2. The number of nitrogens with two attached hydrogens (primary N) is 2. The summed E-state index contributed by atoms with van der Waals surface area (Å²) in [5.41, 5.74) is 11.3. The van der Waals surface area contributed by atoms with E-state index in [1.807, 2.05) is 0 Å². The fraction of sp³-hybridized carbons (Fsp3) is 0.273. The van der Waals surface area contributed by atoms with Gasteiger partial charge in [0.25, 0.3) is 5.91 Å². The lowest BCUT2D eigenvalue weighted by molar-refractivity contribution is -0.151. The Hall–Kier alpha value is -3.97. The molecule has 0 aromatic heterocycles. The zero-order chi connectivity index (χ0) is 25.4. The molecule has 35 heavy (non-hydrogen) atoms.